The summed E-state index contributed by atoms with van der Waals surface area (Å²) in [5.41, 5.74) is 0.426. The number of para-hydroxylation sites is 1. The van der Waals surface area contributed by atoms with Crippen molar-refractivity contribution in [2.75, 3.05) is 27.0 Å². The Labute approximate surface area is 287 Å². The molecule has 12 heteroatoms. The fourth-order valence-electron chi connectivity index (χ4n) is 8.40. The third kappa shape index (κ3) is 7.45. The van der Waals surface area contributed by atoms with E-state index in [0.717, 1.165) is 37.7 Å². The van der Waals surface area contributed by atoms with Crippen molar-refractivity contribution in [3.8, 4) is 0 Å². The van der Waals surface area contributed by atoms with E-state index in [1.807, 2.05) is 18.2 Å². The van der Waals surface area contributed by atoms with Crippen molar-refractivity contribution in [3.05, 3.63) is 70.3 Å². The van der Waals surface area contributed by atoms with Gasteiger partial charge in [-0.1, -0.05) is 63.2 Å². The fourth-order valence-corrected chi connectivity index (χ4v) is 11.4. The molecule has 2 saturated carbocycles. The van der Waals surface area contributed by atoms with Crippen LogP contribution in [0.5, 0.6) is 0 Å². The van der Waals surface area contributed by atoms with E-state index in [2.05, 4.69) is 46.0 Å². The van der Waals surface area contributed by atoms with Gasteiger partial charge in [0.15, 0.2) is 13.2 Å². The van der Waals surface area contributed by atoms with E-state index in [1.165, 1.54) is 22.5 Å². The third-order valence-electron chi connectivity index (χ3n) is 11.6. The normalized spacial score (nSPS) is 28.9. The summed E-state index contributed by atoms with van der Waals surface area (Å²) in [6, 6.07) is 15.9. The summed E-state index contributed by atoms with van der Waals surface area (Å²) in [5, 5.41) is 11.8. The molecule has 0 bridgehead atoms. The molecule has 10 nitrogen and oxygen atoms in total. The lowest BCUT2D eigenvalue weighted by Crippen LogP contribution is -2.59. The second-order valence-electron chi connectivity index (χ2n) is 15.3. The van der Waals surface area contributed by atoms with E-state index in [-0.39, 0.29) is 59.5 Å². The molecule has 1 aliphatic heterocycles. The summed E-state index contributed by atoms with van der Waals surface area (Å²) in [6.07, 6.45) is 5.13. The van der Waals surface area contributed by atoms with Crippen molar-refractivity contribution in [3.63, 3.8) is 0 Å². The van der Waals surface area contributed by atoms with Gasteiger partial charge in [0.2, 0.25) is 10.0 Å². The molecule has 48 heavy (non-hydrogen) atoms. The van der Waals surface area contributed by atoms with E-state index in [4.69, 9.17) is 18.6 Å². The summed E-state index contributed by atoms with van der Waals surface area (Å²) >= 11 is 0. The van der Waals surface area contributed by atoms with Crippen LogP contribution in [0.25, 0.3) is 0 Å². The first-order valence-electron chi connectivity index (χ1n) is 17.4. The maximum absolute atomic E-state index is 14.0. The molecule has 0 unspecified atom stereocenters. The summed E-state index contributed by atoms with van der Waals surface area (Å²) in [4.78, 5) is 10.9. The Hall–Kier alpha value is -2.19. The lowest BCUT2D eigenvalue weighted by molar-refractivity contribution is -0.387. The first-order chi connectivity index (χ1) is 22.7. The topological polar surface area (TPSA) is 117 Å². The van der Waals surface area contributed by atoms with Gasteiger partial charge in [-0.3, -0.25) is 10.1 Å². The number of nitro groups is 1. The predicted molar refractivity (Wildman–Crippen MR) is 187 cm³/mol. The summed E-state index contributed by atoms with van der Waals surface area (Å²) in [5.74, 6) is 0.440. The maximum atomic E-state index is 14.0. The molecule has 0 amide bonds. The Balaban J connectivity index is 1.51. The number of sulfonamides is 1. The number of rotatable bonds is 11. The van der Waals surface area contributed by atoms with Gasteiger partial charge in [-0.25, -0.2) is 8.42 Å². The summed E-state index contributed by atoms with van der Waals surface area (Å²) in [6.45, 7) is 12.6. The number of nitrogens with zero attached hydrogens (tertiary/aromatic N) is 2. The highest BCUT2D eigenvalue weighted by Crippen LogP contribution is 2.62. The van der Waals surface area contributed by atoms with Crippen molar-refractivity contribution in [2.45, 2.75) is 114 Å². The van der Waals surface area contributed by atoms with Crippen molar-refractivity contribution in [1.29, 1.82) is 0 Å². The van der Waals surface area contributed by atoms with Gasteiger partial charge in [0, 0.05) is 31.7 Å². The highest BCUT2D eigenvalue weighted by atomic mass is 32.2. The van der Waals surface area contributed by atoms with Crippen molar-refractivity contribution >= 4 is 24.0 Å². The summed E-state index contributed by atoms with van der Waals surface area (Å²) < 4.78 is 55.7. The smallest absolute Gasteiger partial charge is 0.289 e. The van der Waals surface area contributed by atoms with E-state index < -0.39 is 29.0 Å². The Morgan fingerprint density at radius 3 is 2.33 bits per heavy atom. The first kappa shape index (κ1) is 37.1. The third-order valence-corrected chi connectivity index (χ3v) is 18.1. The minimum absolute atomic E-state index is 0.0196. The molecule has 2 aliphatic carbocycles. The van der Waals surface area contributed by atoms with Gasteiger partial charge in [-0.05, 0) is 86.5 Å². The molecule has 6 atom stereocenters. The zero-order valence-corrected chi connectivity index (χ0v) is 31.2. The highest BCUT2D eigenvalue weighted by molar-refractivity contribution is 7.89. The van der Waals surface area contributed by atoms with Crippen LogP contribution < -0.4 is 0 Å². The van der Waals surface area contributed by atoms with Crippen molar-refractivity contribution in [1.82, 2.24) is 4.31 Å². The maximum Gasteiger partial charge on any atom is 0.289 e. The zero-order chi connectivity index (χ0) is 34.7. The molecule has 1 heterocycles. The molecule has 1 saturated heterocycles. The number of ether oxygens (including phenoxy) is 3. The Bertz CT molecular complexity index is 1500. The van der Waals surface area contributed by atoms with Gasteiger partial charge in [0.25, 0.3) is 5.69 Å². The van der Waals surface area contributed by atoms with Crippen LogP contribution in [-0.4, -0.2) is 71.3 Å². The van der Waals surface area contributed by atoms with E-state index >= 15 is 0 Å². The van der Waals surface area contributed by atoms with Gasteiger partial charge in [-0.15, -0.1) is 0 Å². The molecule has 2 aromatic carbocycles. The van der Waals surface area contributed by atoms with Crippen LogP contribution in [0.3, 0.4) is 0 Å². The highest BCUT2D eigenvalue weighted by Gasteiger charge is 2.63. The average molecular weight is 703 g/mol. The Kier molecular flexibility index (Phi) is 11.6. The molecular weight excluding hydrogens is 649 g/mol. The van der Waals surface area contributed by atoms with Crippen LogP contribution in [-0.2, 0) is 35.3 Å². The van der Waals surface area contributed by atoms with E-state index in [0.29, 0.717) is 25.4 Å². The SMILES string of the molecule is COCO[C@@H]1[C@@H](O[Si](C)(C)C(C)(C)C)CC[C@H]2C[C@@H](OCc3ccccc3)[C@@H]3CCCN(S(=O)(=O)c4ccccc4[N+](=O)[O-])CCC[C@@]213. The van der Waals surface area contributed by atoms with Gasteiger partial charge < -0.3 is 18.6 Å². The number of nitro benzene ring substituents is 1. The number of benzene rings is 2. The molecule has 2 aromatic rings. The number of methoxy groups -OCH3 is 1. The predicted octanol–water partition coefficient (Wildman–Crippen LogP) is 7.54. The van der Waals surface area contributed by atoms with Crippen molar-refractivity contribution in [2.24, 2.45) is 17.3 Å². The van der Waals surface area contributed by atoms with Crippen LogP contribution >= 0.6 is 0 Å². The molecule has 0 radical (unpaired) electrons. The number of hydrogen-bond donors (Lipinski definition) is 0. The van der Waals surface area contributed by atoms with Gasteiger partial charge in [0.1, 0.15) is 6.79 Å². The van der Waals surface area contributed by atoms with Crippen LogP contribution in [0.4, 0.5) is 5.69 Å². The quantitative estimate of drug-likeness (QED) is 0.102. The first-order valence-corrected chi connectivity index (χ1v) is 21.7. The largest absolute Gasteiger partial charge is 0.411 e. The molecule has 0 aromatic heterocycles. The van der Waals surface area contributed by atoms with Crippen LogP contribution in [0.1, 0.15) is 71.3 Å². The summed E-state index contributed by atoms with van der Waals surface area (Å²) in [7, 11) is -4.62. The molecule has 1 spiro atoms. The van der Waals surface area contributed by atoms with Crippen LogP contribution in [0.2, 0.25) is 18.1 Å². The van der Waals surface area contributed by atoms with Gasteiger partial charge in [-0.2, -0.15) is 4.31 Å². The van der Waals surface area contributed by atoms with Gasteiger partial charge >= 0.3 is 0 Å². The fraction of sp³-hybridized carbons (Fsp3) is 0.667. The molecule has 266 valence electrons. The molecule has 0 N–H and O–H groups in total. The van der Waals surface area contributed by atoms with Crippen LogP contribution in [0.15, 0.2) is 59.5 Å². The Morgan fingerprint density at radius 2 is 1.65 bits per heavy atom. The number of hydrogen-bond acceptors (Lipinski definition) is 8. The van der Waals surface area contributed by atoms with Crippen LogP contribution in [0, 0.1) is 27.4 Å². The van der Waals surface area contributed by atoms with E-state index in [9.17, 15) is 18.5 Å². The lowest BCUT2D eigenvalue weighted by atomic mass is 9.58. The Morgan fingerprint density at radius 1 is 0.958 bits per heavy atom. The minimum Gasteiger partial charge on any atom is -0.411 e. The average Bonchev–Trinajstić information content (AvgIpc) is 3.39. The molecule has 5 rings (SSSR count). The standard InChI is InChI=1S/C36H54N2O8SSi/c1-35(2,3)48(5,6)46-31-20-19-28-24-32(44-25-27-14-8-7-9-15-27)29-16-12-22-37(23-13-21-36(28,29)34(31)45-26-43-4)47(41,42)33-18-11-10-17-30(33)38(39)40/h7-11,14-15,17-18,28-29,31-32,34H,12-13,16,19-26H2,1-6H3/t28-,29-,31-,32+,34+,36-/m0/s1. The second kappa shape index (κ2) is 15.0. The molecule has 3 aliphatic rings. The molecular formula is C36H54N2O8SSi. The molecule has 3 fully saturated rings. The monoisotopic (exact) mass is 702 g/mol. The minimum atomic E-state index is -4.10. The van der Waals surface area contributed by atoms with Gasteiger partial charge in [0.05, 0.1) is 29.8 Å². The van der Waals surface area contributed by atoms with E-state index in [1.54, 1.807) is 13.2 Å². The lowest BCUT2D eigenvalue weighted by Gasteiger charge is -2.54. The zero-order valence-electron chi connectivity index (χ0n) is 29.4. The van der Waals surface area contributed by atoms with Crippen molar-refractivity contribution < 1.29 is 32.0 Å². The second-order valence-corrected chi connectivity index (χ2v) is 22.0.